The molecule has 0 atom stereocenters. The van der Waals surface area contributed by atoms with Gasteiger partial charge in [0.2, 0.25) is 5.91 Å². The Hall–Kier alpha value is -4.63. The number of amides is 1. The van der Waals surface area contributed by atoms with E-state index in [9.17, 15) is 4.79 Å². The van der Waals surface area contributed by atoms with Crippen LogP contribution in [-0.2, 0) is 43.3 Å². The van der Waals surface area contributed by atoms with Gasteiger partial charge in [0.1, 0.15) is 23.4 Å². The van der Waals surface area contributed by atoms with Crippen molar-refractivity contribution in [3.63, 3.8) is 0 Å². The summed E-state index contributed by atoms with van der Waals surface area (Å²) in [5, 5.41) is 5.58. The molecule has 0 radical (unpaired) electrons. The second-order valence-electron chi connectivity index (χ2n) is 11.2. The SMILES string of the molecule is CCOCCOCCOCCOCCC(=O)N1CCc2cc(Cn3nc(-c4ccc5oc(N)nc5c4)c4c(N)ncnc43)ccc2C1. The average molecular weight is 645 g/mol. The Morgan fingerprint density at radius 1 is 0.915 bits per heavy atom. The summed E-state index contributed by atoms with van der Waals surface area (Å²) in [5.41, 5.74) is 18.8. The standard InChI is InChI=1S/C33H40N8O6/c1-2-43-11-12-45-15-16-46-14-13-44-10-8-28(42)40-9-7-23-17-22(3-4-25(23)20-40)19-41-32-29(31(34)36-21-37-32)30(39-41)24-5-6-27-26(18-24)38-33(35)47-27/h3-6,17-18,21H,2,7-16,19-20H2,1H3,(H2,35,38)(H2,34,36,37). The Labute approximate surface area is 271 Å². The summed E-state index contributed by atoms with van der Waals surface area (Å²) in [5.74, 6) is 0.433. The zero-order valence-electron chi connectivity index (χ0n) is 26.5. The van der Waals surface area contributed by atoms with Gasteiger partial charge in [-0.3, -0.25) is 4.79 Å². The smallest absolute Gasteiger partial charge is 0.292 e. The number of aromatic nitrogens is 5. The number of carbonyl (C=O) groups is 1. The van der Waals surface area contributed by atoms with E-state index in [2.05, 4.69) is 33.2 Å². The molecule has 0 bridgehead atoms. The van der Waals surface area contributed by atoms with Crippen molar-refractivity contribution < 1.29 is 28.2 Å². The van der Waals surface area contributed by atoms with Crippen LogP contribution in [0.25, 0.3) is 33.4 Å². The van der Waals surface area contributed by atoms with Crippen LogP contribution in [0.4, 0.5) is 11.8 Å². The van der Waals surface area contributed by atoms with Gasteiger partial charge < -0.3 is 39.7 Å². The van der Waals surface area contributed by atoms with Gasteiger partial charge in [-0.05, 0) is 48.2 Å². The minimum Gasteiger partial charge on any atom is -0.424 e. The monoisotopic (exact) mass is 644 g/mol. The maximum atomic E-state index is 12.9. The Kier molecular flexibility index (Phi) is 10.5. The molecular formula is C33H40N8O6. The van der Waals surface area contributed by atoms with Crippen LogP contribution in [-0.4, -0.2) is 94.9 Å². The fourth-order valence-corrected chi connectivity index (χ4v) is 5.65. The molecular weight excluding hydrogens is 604 g/mol. The highest BCUT2D eigenvalue weighted by atomic mass is 16.6. The second kappa shape index (κ2) is 15.3. The summed E-state index contributed by atoms with van der Waals surface area (Å²) in [6.07, 6.45) is 2.56. The maximum Gasteiger partial charge on any atom is 0.292 e. The minimum absolute atomic E-state index is 0.0858. The lowest BCUT2D eigenvalue weighted by molar-refractivity contribution is -0.133. The number of nitrogens with two attached hydrogens (primary N) is 2. The van der Waals surface area contributed by atoms with Crippen LogP contribution in [0.5, 0.6) is 0 Å². The molecule has 5 aromatic rings. The van der Waals surface area contributed by atoms with Gasteiger partial charge in [0.15, 0.2) is 11.2 Å². The highest BCUT2D eigenvalue weighted by Crippen LogP contribution is 2.33. The van der Waals surface area contributed by atoms with E-state index in [0.29, 0.717) is 113 Å². The third-order valence-corrected chi connectivity index (χ3v) is 7.98. The summed E-state index contributed by atoms with van der Waals surface area (Å²) < 4.78 is 29.0. The number of nitrogens with zero attached hydrogens (tertiary/aromatic N) is 6. The highest BCUT2D eigenvalue weighted by Gasteiger charge is 2.22. The second-order valence-corrected chi connectivity index (χ2v) is 11.2. The number of oxazole rings is 1. The van der Waals surface area contributed by atoms with E-state index < -0.39 is 0 Å². The van der Waals surface area contributed by atoms with Crippen molar-refractivity contribution in [3.05, 3.63) is 59.4 Å². The third kappa shape index (κ3) is 7.85. The molecule has 0 saturated heterocycles. The molecule has 3 aromatic heterocycles. The van der Waals surface area contributed by atoms with Crippen molar-refractivity contribution in [3.8, 4) is 11.3 Å². The molecule has 1 aliphatic heterocycles. The normalized spacial score (nSPS) is 13.1. The van der Waals surface area contributed by atoms with Crippen LogP contribution < -0.4 is 11.5 Å². The number of nitrogen functional groups attached to an aromatic ring is 2. The molecule has 47 heavy (non-hydrogen) atoms. The van der Waals surface area contributed by atoms with E-state index in [0.717, 1.165) is 23.1 Å². The molecule has 1 aliphatic rings. The summed E-state index contributed by atoms with van der Waals surface area (Å²) in [7, 11) is 0. The van der Waals surface area contributed by atoms with Crippen LogP contribution in [0.2, 0.25) is 0 Å². The van der Waals surface area contributed by atoms with Crippen molar-refractivity contribution in [2.24, 2.45) is 0 Å². The average Bonchev–Trinajstić information content (AvgIpc) is 3.64. The number of anilines is 2. The predicted molar refractivity (Wildman–Crippen MR) is 175 cm³/mol. The van der Waals surface area contributed by atoms with E-state index in [1.807, 2.05) is 34.7 Å². The number of rotatable bonds is 16. The third-order valence-electron chi connectivity index (χ3n) is 7.98. The molecule has 0 fully saturated rings. The zero-order valence-corrected chi connectivity index (χ0v) is 26.5. The largest absolute Gasteiger partial charge is 0.424 e. The van der Waals surface area contributed by atoms with Crippen LogP contribution in [0.1, 0.15) is 30.0 Å². The minimum atomic E-state index is 0.0858. The van der Waals surface area contributed by atoms with Gasteiger partial charge in [-0.25, -0.2) is 14.6 Å². The number of fused-ring (bicyclic) bond motifs is 3. The fraction of sp³-hybridized carbons (Fsp3) is 0.424. The number of hydrogen-bond donors (Lipinski definition) is 2. The molecule has 248 valence electrons. The lowest BCUT2D eigenvalue weighted by Gasteiger charge is -2.29. The fourth-order valence-electron chi connectivity index (χ4n) is 5.65. The lowest BCUT2D eigenvalue weighted by Crippen LogP contribution is -2.36. The van der Waals surface area contributed by atoms with E-state index in [-0.39, 0.29) is 11.9 Å². The van der Waals surface area contributed by atoms with Crippen molar-refractivity contribution in [2.75, 3.05) is 70.9 Å². The maximum absolute atomic E-state index is 12.9. The number of ether oxygens (including phenoxy) is 4. The van der Waals surface area contributed by atoms with E-state index in [1.54, 1.807) is 0 Å². The summed E-state index contributed by atoms with van der Waals surface area (Å²) in [4.78, 5) is 27.8. The van der Waals surface area contributed by atoms with Crippen molar-refractivity contribution in [2.45, 2.75) is 32.9 Å². The van der Waals surface area contributed by atoms with E-state index >= 15 is 0 Å². The summed E-state index contributed by atoms with van der Waals surface area (Å²) >= 11 is 0. The molecule has 1 amide bonds. The zero-order chi connectivity index (χ0) is 32.6. The molecule has 14 nitrogen and oxygen atoms in total. The van der Waals surface area contributed by atoms with Gasteiger partial charge in [-0.15, -0.1) is 0 Å². The van der Waals surface area contributed by atoms with Gasteiger partial charge in [0.05, 0.1) is 64.6 Å². The van der Waals surface area contributed by atoms with Gasteiger partial charge >= 0.3 is 0 Å². The molecule has 6 rings (SSSR count). The van der Waals surface area contributed by atoms with Crippen molar-refractivity contribution in [1.82, 2.24) is 29.6 Å². The first-order valence-corrected chi connectivity index (χ1v) is 15.8. The first kappa shape index (κ1) is 32.3. The summed E-state index contributed by atoms with van der Waals surface area (Å²) in [6, 6.07) is 12.0. The first-order chi connectivity index (χ1) is 23.0. The number of carbonyl (C=O) groups excluding carboxylic acids is 1. The molecule has 4 N–H and O–H groups in total. The van der Waals surface area contributed by atoms with Gasteiger partial charge in [-0.1, -0.05) is 18.2 Å². The quantitative estimate of drug-likeness (QED) is 0.150. The molecule has 0 aliphatic carbocycles. The lowest BCUT2D eigenvalue weighted by atomic mass is 9.97. The van der Waals surface area contributed by atoms with Crippen LogP contribution in [0.3, 0.4) is 0 Å². The molecule has 4 heterocycles. The van der Waals surface area contributed by atoms with Gasteiger partial charge in [0, 0.05) is 25.3 Å². The molecule has 0 saturated carbocycles. The van der Waals surface area contributed by atoms with E-state index in [4.69, 9.17) is 39.9 Å². The Bertz CT molecular complexity index is 1820. The van der Waals surface area contributed by atoms with Gasteiger partial charge in [0.25, 0.3) is 6.01 Å². The Balaban J connectivity index is 1.02. The van der Waals surface area contributed by atoms with E-state index in [1.165, 1.54) is 11.9 Å². The van der Waals surface area contributed by atoms with Crippen molar-refractivity contribution >= 4 is 39.9 Å². The molecule has 0 unspecified atom stereocenters. The molecule has 2 aromatic carbocycles. The number of hydrogen-bond acceptors (Lipinski definition) is 12. The Morgan fingerprint density at radius 2 is 1.68 bits per heavy atom. The van der Waals surface area contributed by atoms with Crippen LogP contribution in [0, 0.1) is 0 Å². The molecule has 14 heteroatoms. The van der Waals surface area contributed by atoms with Gasteiger partial charge in [-0.2, -0.15) is 10.1 Å². The predicted octanol–water partition coefficient (Wildman–Crippen LogP) is 3.21. The molecule has 0 spiro atoms. The van der Waals surface area contributed by atoms with Crippen molar-refractivity contribution in [1.29, 1.82) is 0 Å². The summed E-state index contributed by atoms with van der Waals surface area (Å²) in [6.45, 7) is 7.82. The highest BCUT2D eigenvalue weighted by molar-refractivity contribution is 5.99. The Morgan fingerprint density at radius 3 is 2.47 bits per heavy atom. The first-order valence-electron chi connectivity index (χ1n) is 15.8. The number of benzene rings is 2. The van der Waals surface area contributed by atoms with Crippen LogP contribution in [0.15, 0.2) is 47.1 Å². The topological polar surface area (TPSA) is 179 Å². The van der Waals surface area contributed by atoms with Crippen LogP contribution >= 0.6 is 0 Å².